The van der Waals surface area contributed by atoms with E-state index >= 15 is 0 Å². The number of hydrogen-bond donors (Lipinski definition) is 0. The van der Waals surface area contributed by atoms with Crippen LogP contribution in [0.5, 0.6) is 0 Å². The van der Waals surface area contributed by atoms with Crippen molar-refractivity contribution < 1.29 is 22.0 Å². The second-order valence-corrected chi connectivity index (χ2v) is 12.7. The van der Waals surface area contributed by atoms with E-state index in [2.05, 4.69) is 40.5 Å². The molecule has 0 aliphatic carbocycles. The van der Waals surface area contributed by atoms with E-state index in [0.29, 0.717) is 20.5 Å². The molecule has 0 saturated carbocycles. The summed E-state index contributed by atoms with van der Waals surface area (Å²) in [5.41, 5.74) is 4.07. The van der Waals surface area contributed by atoms with Crippen molar-refractivity contribution in [2.75, 3.05) is 29.5 Å². The molecule has 0 bridgehead atoms. The van der Waals surface area contributed by atoms with Gasteiger partial charge >= 0.3 is 190 Å². The molecule has 9 heteroatoms. The number of piperidine rings is 1. The Bertz CT molecular complexity index is 883. The molecule has 1 saturated heterocycles. The summed E-state index contributed by atoms with van der Waals surface area (Å²) >= 11 is 15.4. The van der Waals surface area contributed by atoms with Crippen LogP contribution in [0.15, 0.2) is 24.8 Å². The van der Waals surface area contributed by atoms with E-state index in [0.717, 1.165) is 41.9 Å². The number of halogens is 4. The van der Waals surface area contributed by atoms with Gasteiger partial charge in [-0.05, 0) is 0 Å². The molecule has 2 aliphatic rings. The van der Waals surface area contributed by atoms with Crippen LogP contribution in [0, 0.1) is 0 Å². The summed E-state index contributed by atoms with van der Waals surface area (Å²) in [6, 6.07) is 2.23. The molecule has 4 rings (SSSR count). The van der Waals surface area contributed by atoms with Crippen LogP contribution in [-0.2, 0) is 4.79 Å². The van der Waals surface area contributed by atoms with Gasteiger partial charge in [0.15, 0.2) is 0 Å². The molecule has 1 fully saturated rings. The van der Waals surface area contributed by atoms with Crippen molar-refractivity contribution in [2.24, 2.45) is 0 Å². The summed E-state index contributed by atoms with van der Waals surface area (Å²) in [7, 11) is 2.07. The van der Waals surface area contributed by atoms with Crippen molar-refractivity contribution in [3.63, 3.8) is 0 Å². The van der Waals surface area contributed by atoms with Gasteiger partial charge in [-0.2, -0.15) is 0 Å². The molecule has 3 heterocycles. The van der Waals surface area contributed by atoms with Crippen LogP contribution in [0.4, 0.5) is 5.69 Å². The molecule has 2 aliphatic heterocycles. The maximum atomic E-state index is 12.5. The second-order valence-electron chi connectivity index (χ2n) is 6.76. The van der Waals surface area contributed by atoms with Crippen LogP contribution in [-0.4, -0.2) is 51.4 Å². The van der Waals surface area contributed by atoms with Gasteiger partial charge in [-0.3, -0.25) is 0 Å². The average molecular weight is 630 g/mol. The van der Waals surface area contributed by atoms with Crippen LogP contribution in [0.2, 0.25) is 10.0 Å². The predicted molar refractivity (Wildman–Crippen MR) is 113 cm³/mol. The fraction of sp³-hybridized carbons (Fsp3) is 0.389. The number of anilines is 1. The number of likely N-dealkylation sites (tertiary alicyclic amines) is 1. The summed E-state index contributed by atoms with van der Waals surface area (Å²) in [6.07, 6.45) is 6.04. The van der Waals surface area contributed by atoms with Crippen LogP contribution >= 0.6 is 41.8 Å². The Morgan fingerprint density at radius 2 is 2.11 bits per heavy atom. The van der Waals surface area contributed by atoms with Crippen LogP contribution in [0.25, 0.3) is 11.1 Å². The number of carbonyl (C=O) groups is 1. The van der Waals surface area contributed by atoms with E-state index in [1.54, 1.807) is 12.4 Å². The fourth-order valence-electron chi connectivity index (χ4n) is 4.23. The van der Waals surface area contributed by atoms with Crippen molar-refractivity contribution in [1.82, 2.24) is 14.9 Å². The molecule has 0 spiro atoms. The summed E-state index contributed by atoms with van der Waals surface area (Å²) in [5, 5.41) is 1.11. The van der Waals surface area contributed by atoms with Gasteiger partial charge in [0.1, 0.15) is 0 Å². The molecule has 144 valence electrons. The normalized spacial score (nSPS) is 21.3. The van der Waals surface area contributed by atoms with E-state index in [9.17, 15) is 4.79 Å². The van der Waals surface area contributed by atoms with E-state index < -0.39 is 0 Å². The molecule has 1 aromatic heterocycles. The number of aromatic nitrogens is 2. The molecule has 0 radical (unpaired) electrons. The van der Waals surface area contributed by atoms with Gasteiger partial charge in [0, 0.05) is 0 Å². The van der Waals surface area contributed by atoms with Crippen molar-refractivity contribution >= 4 is 53.4 Å². The van der Waals surface area contributed by atoms with Crippen molar-refractivity contribution in [2.45, 2.75) is 18.4 Å². The minimum absolute atomic E-state index is 0.0764. The number of carbonyl (C=O) groups excluding carboxylic acids is 1. The number of fused-ring (bicyclic) bond motifs is 3. The summed E-state index contributed by atoms with van der Waals surface area (Å²) in [5.74, 6) is 0.483. The third kappa shape index (κ3) is 3.53. The van der Waals surface area contributed by atoms with Crippen LogP contribution in [0.1, 0.15) is 17.9 Å². The molecular weight excluding hydrogens is 613 g/mol. The van der Waals surface area contributed by atoms with E-state index in [1.807, 2.05) is 11.0 Å². The number of rotatable bonds is 3. The zero-order valence-corrected chi connectivity index (χ0v) is 20.3. The third-order valence-electron chi connectivity index (χ3n) is 5.42. The zero-order valence-electron chi connectivity index (χ0n) is 14.5. The molecule has 1 aromatic carbocycles. The molecule has 2 aromatic rings. The van der Waals surface area contributed by atoms with Crippen molar-refractivity contribution in [3.8, 4) is 11.1 Å². The van der Waals surface area contributed by atoms with E-state index in [4.69, 9.17) is 23.2 Å². The average Bonchev–Trinajstić information content (AvgIpc) is 2.98. The molecule has 5 nitrogen and oxygen atoms in total. The first-order valence-corrected chi connectivity index (χ1v) is 17.1. The standard InChI is InChI=1S/C18H17Cl2I2N4O/c1-25-14-2-3-26(15(27)5-22-21)8-12(14)16-11(10-6-23-9-24-7-10)4-13(19)17(20)18(16)25/h4,6-7,9,12,14H,2-3,5,8H2,1H3/q-1. The van der Waals surface area contributed by atoms with Gasteiger partial charge in [-0.15, -0.1) is 0 Å². The number of hydrogen-bond acceptors (Lipinski definition) is 4. The van der Waals surface area contributed by atoms with Crippen molar-refractivity contribution in [1.29, 1.82) is 0 Å². The first kappa shape index (κ1) is 19.9. The first-order chi connectivity index (χ1) is 13.0. The Morgan fingerprint density at radius 1 is 1.37 bits per heavy atom. The van der Waals surface area contributed by atoms with Gasteiger partial charge < -0.3 is 0 Å². The van der Waals surface area contributed by atoms with E-state index in [1.165, 1.54) is 6.33 Å². The molecule has 2 atom stereocenters. The molecule has 27 heavy (non-hydrogen) atoms. The molecular formula is C18H17Cl2I2N4O-. The van der Waals surface area contributed by atoms with Gasteiger partial charge in [-0.25, -0.2) is 0 Å². The number of amides is 1. The minimum atomic E-state index is -0.0764. The summed E-state index contributed by atoms with van der Waals surface area (Å²) in [4.78, 5) is 25.1. The van der Waals surface area contributed by atoms with Gasteiger partial charge in [0.25, 0.3) is 0 Å². The monoisotopic (exact) mass is 629 g/mol. The third-order valence-corrected chi connectivity index (χ3v) is 9.07. The van der Waals surface area contributed by atoms with Gasteiger partial charge in [0.2, 0.25) is 0 Å². The SMILES string of the molecule is CN1c2c(Cl)c(Cl)cc(-c3cncnc3)c2C2CN(C(=O)C[I-]I)CCC21. The number of nitrogens with zero attached hydrogens (tertiary/aromatic N) is 4. The second kappa shape index (κ2) is 8.16. The maximum absolute atomic E-state index is 12.5. The first-order valence-electron chi connectivity index (χ1n) is 8.51. The Morgan fingerprint density at radius 3 is 2.81 bits per heavy atom. The Balaban J connectivity index is 1.82. The van der Waals surface area contributed by atoms with E-state index in [-0.39, 0.29) is 29.1 Å². The van der Waals surface area contributed by atoms with Crippen molar-refractivity contribution in [3.05, 3.63) is 40.4 Å². The summed E-state index contributed by atoms with van der Waals surface area (Å²) in [6.45, 7) is 1.52. The number of benzene rings is 1. The van der Waals surface area contributed by atoms with Gasteiger partial charge in [-0.1, -0.05) is 0 Å². The number of likely N-dealkylation sites (N-methyl/N-ethyl adjacent to an activating group) is 1. The fourth-order valence-corrected chi connectivity index (χ4v) is 7.10. The number of alkyl halides is 1. The zero-order chi connectivity index (χ0) is 19.1. The summed E-state index contributed by atoms with van der Waals surface area (Å²) < 4.78 is 0.695. The molecule has 2 unspecified atom stereocenters. The Labute approximate surface area is 188 Å². The predicted octanol–water partition coefficient (Wildman–Crippen LogP) is 1.02. The van der Waals surface area contributed by atoms with Gasteiger partial charge in [0.05, 0.1) is 0 Å². The topological polar surface area (TPSA) is 49.3 Å². The molecule has 1 amide bonds. The van der Waals surface area contributed by atoms with Crippen LogP contribution in [0.3, 0.4) is 0 Å². The Kier molecular flexibility index (Phi) is 6.01. The molecule has 0 N–H and O–H groups in total. The Hall–Kier alpha value is -0.390. The quantitative estimate of drug-likeness (QED) is 0.376. The van der Waals surface area contributed by atoms with Crippen LogP contribution < -0.4 is 22.1 Å².